The molecule has 2 amide bonds. The van der Waals surface area contributed by atoms with Crippen LogP contribution in [0.4, 0.5) is 18.9 Å². The number of alkyl halides is 3. The van der Waals surface area contributed by atoms with E-state index in [0.717, 1.165) is 48.0 Å². The first kappa shape index (κ1) is 29.0. The Morgan fingerprint density at radius 2 is 1.80 bits per heavy atom. The van der Waals surface area contributed by atoms with Crippen LogP contribution >= 0.6 is 35.0 Å². The maximum atomic E-state index is 13.5. The second kappa shape index (κ2) is 12.1. The molecule has 0 bridgehead atoms. The quantitative estimate of drug-likeness (QED) is 0.236. The van der Waals surface area contributed by atoms with Gasteiger partial charge in [-0.1, -0.05) is 59.2 Å². The first-order valence-corrected chi connectivity index (χ1v) is 14.2. The van der Waals surface area contributed by atoms with E-state index in [-0.39, 0.29) is 45.5 Å². The number of carbonyl (C=O) groups excluding carboxylic acids is 2. The van der Waals surface area contributed by atoms with Crippen molar-refractivity contribution in [3.8, 4) is 5.69 Å². The number of halogens is 5. The Bertz CT molecular complexity index is 1610. The number of nitrogens with zero attached hydrogens (tertiary/aromatic N) is 4. The number of fused-ring (bicyclic) bond motifs is 1. The molecule has 0 saturated heterocycles. The smallest absolute Gasteiger partial charge is 0.345 e. The summed E-state index contributed by atoms with van der Waals surface area (Å²) < 4.78 is 42.0. The highest BCUT2D eigenvalue weighted by atomic mass is 35.5. The lowest BCUT2D eigenvalue weighted by Gasteiger charge is -2.29. The van der Waals surface area contributed by atoms with E-state index in [9.17, 15) is 22.8 Å². The average Bonchev–Trinajstić information content (AvgIpc) is 3.38. The molecule has 1 aliphatic heterocycles. The third-order valence-corrected chi connectivity index (χ3v) is 7.93. The zero-order chi connectivity index (χ0) is 29.1. The van der Waals surface area contributed by atoms with Crippen molar-refractivity contribution in [1.82, 2.24) is 20.1 Å². The summed E-state index contributed by atoms with van der Waals surface area (Å²) in [7, 11) is 0. The van der Waals surface area contributed by atoms with Crippen LogP contribution in [0.5, 0.6) is 0 Å². The minimum Gasteiger partial charge on any atom is -0.345 e. The molecule has 1 aliphatic rings. The minimum absolute atomic E-state index is 0.0179. The number of thioether (sulfide) groups is 1. The van der Waals surface area contributed by atoms with Crippen molar-refractivity contribution in [2.75, 3.05) is 17.2 Å². The van der Waals surface area contributed by atoms with Crippen molar-refractivity contribution >= 4 is 52.5 Å². The Kier molecular flexibility index (Phi) is 8.58. The highest BCUT2D eigenvalue weighted by Gasteiger charge is 2.31. The summed E-state index contributed by atoms with van der Waals surface area (Å²) in [5.41, 5.74) is 1.34. The fraction of sp³-hybridized carbons (Fsp3) is 0.214. The first-order chi connectivity index (χ1) is 19.6. The van der Waals surface area contributed by atoms with Crippen molar-refractivity contribution in [2.45, 2.75) is 30.7 Å². The standard InChI is InChI=1S/C28H22Cl2F3N5O2S/c29-19-10-11-22(30)21(14-19)26(40)34-15-24-35-36-27(38(24)20-8-3-7-18(13-20)28(31,32)33)41-16-25(39)37-12-4-6-17-5-1-2-9-23(17)37/h1-3,5,7-11,13-14H,4,6,12,15-16H2,(H,34,40). The number of hydrogen-bond acceptors (Lipinski definition) is 5. The van der Waals surface area contributed by atoms with Gasteiger partial charge in [-0.05, 0) is 60.9 Å². The zero-order valence-corrected chi connectivity index (χ0v) is 23.6. The lowest BCUT2D eigenvalue weighted by Crippen LogP contribution is -2.36. The van der Waals surface area contributed by atoms with E-state index >= 15 is 0 Å². The monoisotopic (exact) mass is 619 g/mol. The van der Waals surface area contributed by atoms with Crippen LogP contribution in [0.3, 0.4) is 0 Å². The van der Waals surface area contributed by atoms with Crippen LogP contribution in [-0.2, 0) is 23.9 Å². The number of rotatable bonds is 7. The van der Waals surface area contributed by atoms with E-state index in [1.807, 2.05) is 24.3 Å². The number of anilines is 1. The predicted molar refractivity (Wildman–Crippen MR) is 152 cm³/mol. The van der Waals surface area contributed by atoms with Gasteiger partial charge in [-0.2, -0.15) is 13.2 Å². The highest BCUT2D eigenvalue weighted by Crippen LogP contribution is 2.33. The van der Waals surface area contributed by atoms with E-state index in [2.05, 4.69) is 15.5 Å². The molecule has 0 aliphatic carbocycles. The van der Waals surface area contributed by atoms with Crippen molar-refractivity contribution in [3.05, 3.63) is 99.3 Å². The van der Waals surface area contributed by atoms with Crippen LogP contribution in [0.2, 0.25) is 10.0 Å². The number of benzene rings is 3. The van der Waals surface area contributed by atoms with E-state index < -0.39 is 17.6 Å². The van der Waals surface area contributed by atoms with E-state index in [1.165, 1.54) is 34.9 Å². The van der Waals surface area contributed by atoms with E-state index in [0.29, 0.717) is 11.6 Å². The fourth-order valence-electron chi connectivity index (χ4n) is 4.51. The van der Waals surface area contributed by atoms with Crippen LogP contribution in [0.25, 0.3) is 5.69 Å². The summed E-state index contributed by atoms with van der Waals surface area (Å²) in [5.74, 6) is -0.569. The minimum atomic E-state index is -4.58. The molecule has 5 rings (SSSR count). The number of para-hydroxylation sites is 1. The number of nitrogens with one attached hydrogen (secondary N) is 1. The first-order valence-electron chi connectivity index (χ1n) is 12.5. The van der Waals surface area contributed by atoms with Crippen molar-refractivity contribution < 1.29 is 22.8 Å². The maximum absolute atomic E-state index is 13.5. The van der Waals surface area contributed by atoms with Gasteiger partial charge in [0.1, 0.15) is 0 Å². The van der Waals surface area contributed by atoms with Crippen molar-refractivity contribution in [3.63, 3.8) is 0 Å². The third kappa shape index (κ3) is 6.52. The predicted octanol–water partition coefficient (Wildman–Crippen LogP) is 6.59. The number of aryl methyl sites for hydroxylation is 1. The molecule has 1 aromatic heterocycles. The van der Waals surface area contributed by atoms with Crippen LogP contribution in [0, 0.1) is 0 Å². The second-order valence-corrected chi connectivity index (χ2v) is 10.9. The van der Waals surface area contributed by atoms with Gasteiger partial charge < -0.3 is 10.2 Å². The topological polar surface area (TPSA) is 80.1 Å². The largest absolute Gasteiger partial charge is 0.416 e. The Balaban J connectivity index is 1.41. The fourth-order valence-corrected chi connectivity index (χ4v) is 5.73. The third-order valence-electron chi connectivity index (χ3n) is 6.45. The van der Waals surface area contributed by atoms with Gasteiger partial charge in [0.25, 0.3) is 5.91 Å². The highest BCUT2D eigenvalue weighted by molar-refractivity contribution is 7.99. The Morgan fingerprint density at radius 3 is 2.61 bits per heavy atom. The molecule has 212 valence electrons. The van der Waals surface area contributed by atoms with Crippen LogP contribution in [-0.4, -0.2) is 38.9 Å². The SMILES string of the molecule is O=C(NCc1nnc(SCC(=O)N2CCCc3ccccc32)n1-c1cccc(C(F)(F)F)c1)c1cc(Cl)ccc1Cl. The molecule has 0 unspecified atom stereocenters. The van der Waals surface area contributed by atoms with E-state index in [1.54, 1.807) is 4.90 Å². The molecule has 41 heavy (non-hydrogen) atoms. The molecule has 1 N–H and O–H groups in total. The Morgan fingerprint density at radius 1 is 1.00 bits per heavy atom. The van der Waals surface area contributed by atoms with Gasteiger partial charge in [-0.25, -0.2) is 0 Å². The number of carbonyl (C=O) groups is 2. The summed E-state index contributed by atoms with van der Waals surface area (Å²) in [6.07, 6.45) is -2.87. The van der Waals surface area contributed by atoms with Crippen LogP contribution < -0.4 is 10.2 Å². The summed E-state index contributed by atoms with van der Waals surface area (Å²) in [4.78, 5) is 27.7. The van der Waals surface area contributed by atoms with Gasteiger partial charge in [-0.3, -0.25) is 14.2 Å². The molecule has 0 spiro atoms. The molecule has 13 heteroatoms. The number of hydrogen-bond donors (Lipinski definition) is 1. The molecular formula is C28H22Cl2F3N5O2S. The van der Waals surface area contributed by atoms with Crippen molar-refractivity contribution in [2.24, 2.45) is 0 Å². The van der Waals surface area contributed by atoms with E-state index in [4.69, 9.17) is 23.2 Å². The summed E-state index contributed by atoms with van der Waals surface area (Å²) in [5, 5.41) is 11.6. The Labute approximate surface area is 247 Å². The molecule has 0 saturated carbocycles. The zero-order valence-electron chi connectivity index (χ0n) is 21.3. The normalized spacial score (nSPS) is 13.1. The van der Waals surface area contributed by atoms with Crippen LogP contribution in [0.1, 0.15) is 33.7 Å². The molecular weight excluding hydrogens is 598 g/mol. The maximum Gasteiger partial charge on any atom is 0.416 e. The number of aromatic nitrogens is 3. The van der Waals surface area contributed by atoms with Gasteiger partial charge in [-0.15, -0.1) is 10.2 Å². The van der Waals surface area contributed by atoms with Crippen molar-refractivity contribution in [1.29, 1.82) is 0 Å². The van der Waals surface area contributed by atoms with Crippen LogP contribution in [0.15, 0.2) is 71.9 Å². The summed E-state index contributed by atoms with van der Waals surface area (Å²) in [6.45, 7) is 0.388. The Hall–Kier alpha value is -3.54. The summed E-state index contributed by atoms with van der Waals surface area (Å²) in [6, 6.07) is 16.8. The van der Waals surface area contributed by atoms with Gasteiger partial charge >= 0.3 is 6.18 Å². The van der Waals surface area contributed by atoms with Gasteiger partial charge in [0.2, 0.25) is 5.91 Å². The molecule has 0 radical (unpaired) electrons. The molecule has 0 fully saturated rings. The van der Waals surface area contributed by atoms with Gasteiger partial charge in [0.15, 0.2) is 11.0 Å². The molecule has 4 aromatic rings. The lowest BCUT2D eigenvalue weighted by atomic mass is 10.0. The molecule has 7 nitrogen and oxygen atoms in total. The summed E-state index contributed by atoms with van der Waals surface area (Å²) >= 11 is 13.2. The van der Waals surface area contributed by atoms with Gasteiger partial charge in [0.05, 0.1) is 34.1 Å². The second-order valence-electron chi connectivity index (χ2n) is 9.16. The average molecular weight is 620 g/mol. The molecule has 2 heterocycles. The van der Waals surface area contributed by atoms with Gasteiger partial charge in [0, 0.05) is 17.3 Å². The number of amides is 2. The molecule has 3 aromatic carbocycles. The lowest BCUT2D eigenvalue weighted by molar-refractivity contribution is -0.137. The molecule has 0 atom stereocenters.